The van der Waals surface area contributed by atoms with Crippen molar-refractivity contribution in [1.82, 2.24) is 0 Å². The maximum Gasteiger partial charge on any atom is 0.274 e. The summed E-state index contributed by atoms with van der Waals surface area (Å²) >= 11 is 0. The highest BCUT2D eigenvalue weighted by Crippen LogP contribution is 2.29. The monoisotopic (exact) mass is 250 g/mol. The van der Waals surface area contributed by atoms with E-state index in [-0.39, 0.29) is 11.6 Å². The number of amides is 1. The minimum absolute atomic E-state index is 0.0564. The summed E-state index contributed by atoms with van der Waals surface area (Å²) in [6, 6.07) is 3.24. The van der Waals surface area contributed by atoms with Crippen LogP contribution < -0.4 is 5.32 Å². The number of nitrogens with one attached hydrogen (secondary N) is 1. The first-order valence-corrected chi connectivity index (χ1v) is 6.15. The minimum Gasteiger partial charge on any atom is -0.326 e. The first-order valence-electron chi connectivity index (χ1n) is 6.15. The normalized spacial score (nSPS) is 13.6. The summed E-state index contributed by atoms with van der Waals surface area (Å²) in [6.45, 7) is 5.71. The Bertz CT molecular complexity index is 470. The van der Waals surface area contributed by atoms with Crippen LogP contribution in [0.15, 0.2) is 12.1 Å². The van der Waals surface area contributed by atoms with Crippen molar-refractivity contribution in [3.8, 4) is 0 Å². The zero-order valence-corrected chi connectivity index (χ0v) is 10.9. The Labute approximate surface area is 106 Å². The molecule has 5 heteroatoms. The van der Waals surface area contributed by atoms with Crippen LogP contribution in [0.25, 0.3) is 0 Å². The first-order chi connectivity index (χ1) is 8.58. The lowest BCUT2D eigenvalue weighted by atomic mass is 10.0. The van der Waals surface area contributed by atoms with Crippen LogP contribution in [0.1, 0.15) is 37.8 Å². The summed E-state index contributed by atoms with van der Waals surface area (Å²) < 4.78 is 0. The van der Waals surface area contributed by atoms with Gasteiger partial charge in [-0.2, -0.15) is 0 Å². The number of benzene rings is 1. The number of carbonyl (C=O) groups excluding carboxylic acids is 1. The van der Waals surface area contributed by atoms with Gasteiger partial charge in [0.15, 0.2) is 0 Å². The predicted octanol–water partition coefficient (Wildman–Crippen LogP) is 3.20. The molecule has 1 aliphatic heterocycles. The Morgan fingerprint density at radius 1 is 1.28 bits per heavy atom. The van der Waals surface area contributed by atoms with E-state index < -0.39 is 4.92 Å². The van der Waals surface area contributed by atoms with Crippen LogP contribution in [0.2, 0.25) is 0 Å². The van der Waals surface area contributed by atoms with Crippen molar-refractivity contribution in [2.45, 2.75) is 40.0 Å². The lowest BCUT2D eigenvalue weighted by Gasteiger charge is -2.07. The van der Waals surface area contributed by atoms with E-state index >= 15 is 0 Å². The molecule has 0 saturated heterocycles. The number of fused-ring (bicyclic) bond motifs is 1. The number of carbonyl (C=O) groups is 1. The van der Waals surface area contributed by atoms with Gasteiger partial charge in [0.05, 0.1) is 10.6 Å². The number of nitro groups is 1. The van der Waals surface area contributed by atoms with Gasteiger partial charge in [-0.15, -0.1) is 0 Å². The second kappa shape index (κ2) is 6.14. The zero-order valence-electron chi connectivity index (χ0n) is 10.9. The lowest BCUT2D eigenvalue weighted by molar-refractivity contribution is -0.385. The van der Waals surface area contributed by atoms with Crippen LogP contribution >= 0.6 is 0 Å². The number of hydrogen-bond acceptors (Lipinski definition) is 3. The van der Waals surface area contributed by atoms with Crippen LogP contribution in [0, 0.1) is 17.0 Å². The second-order valence-corrected chi connectivity index (χ2v) is 3.95. The van der Waals surface area contributed by atoms with Crippen molar-refractivity contribution in [2.24, 2.45) is 0 Å². The van der Waals surface area contributed by atoms with Gasteiger partial charge in [-0.05, 0) is 31.4 Å². The topological polar surface area (TPSA) is 72.2 Å². The minimum atomic E-state index is -0.424. The van der Waals surface area contributed by atoms with E-state index in [0.29, 0.717) is 17.7 Å². The summed E-state index contributed by atoms with van der Waals surface area (Å²) in [4.78, 5) is 21.7. The Balaban J connectivity index is 0.000000771. The maximum absolute atomic E-state index is 11.3. The molecule has 2 rings (SSSR count). The predicted molar refractivity (Wildman–Crippen MR) is 70.7 cm³/mol. The second-order valence-electron chi connectivity index (χ2n) is 3.95. The van der Waals surface area contributed by atoms with Gasteiger partial charge in [-0.1, -0.05) is 13.8 Å². The molecule has 1 aliphatic rings. The first kappa shape index (κ1) is 14.2. The molecule has 1 aromatic carbocycles. The summed E-state index contributed by atoms with van der Waals surface area (Å²) in [6.07, 6.45) is 2.05. The van der Waals surface area contributed by atoms with Crippen LogP contribution in [0.5, 0.6) is 0 Å². The average Bonchev–Trinajstić information content (AvgIpc) is 2.51. The highest BCUT2D eigenvalue weighted by atomic mass is 16.6. The molecule has 0 bridgehead atoms. The Morgan fingerprint density at radius 2 is 1.94 bits per heavy atom. The fourth-order valence-electron chi connectivity index (χ4n) is 1.93. The van der Waals surface area contributed by atoms with Crippen molar-refractivity contribution in [1.29, 1.82) is 0 Å². The highest BCUT2D eigenvalue weighted by molar-refractivity contribution is 5.92. The third kappa shape index (κ3) is 3.06. The summed E-state index contributed by atoms with van der Waals surface area (Å²) in [5.41, 5.74) is 2.26. The lowest BCUT2D eigenvalue weighted by Crippen LogP contribution is -2.09. The highest BCUT2D eigenvalue weighted by Gasteiger charge is 2.18. The van der Waals surface area contributed by atoms with Gasteiger partial charge in [0.2, 0.25) is 5.91 Å². The molecule has 0 aromatic heterocycles. The number of rotatable bonds is 1. The van der Waals surface area contributed by atoms with E-state index in [2.05, 4.69) is 5.32 Å². The third-order valence-electron chi connectivity index (χ3n) is 2.74. The molecule has 1 amide bonds. The largest absolute Gasteiger partial charge is 0.326 e. The van der Waals surface area contributed by atoms with Gasteiger partial charge in [-0.3, -0.25) is 14.9 Å². The smallest absolute Gasteiger partial charge is 0.274 e. The standard InChI is InChI=1S/C11H12N2O3.C2H6/c1-7-5-8-3-2-4-11(14)12-9(8)6-10(7)13(15)16;1-2/h5-6H,2-4H2,1H3,(H,12,14);1-2H3. The van der Waals surface area contributed by atoms with Gasteiger partial charge in [0.25, 0.3) is 5.69 Å². The number of hydrogen-bond donors (Lipinski definition) is 1. The van der Waals surface area contributed by atoms with E-state index in [9.17, 15) is 14.9 Å². The van der Waals surface area contributed by atoms with Gasteiger partial charge in [0, 0.05) is 18.1 Å². The molecule has 1 aromatic rings. The van der Waals surface area contributed by atoms with Gasteiger partial charge < -0.3 is 5.32 Å². The van der Waals surface area contributed by atoms with Gasteiger partial charge in [0.1, 0.15) is 0 Å². The third-order valence-corrected chi connectivity index (χ3v) is 2.74. The number of anilines is 1. The molecule has 18 heavy (non-hydrogen) atoms. The summed E-state index contributed by atoms with van der Waals surface area (Å²) in [7, 11) is 0. The molecule has 0 fully saturated rings. The maximum atomic E-state index is 11.3. The molecular formula is C13H18N2O3. The number of nitrogens with zero attached hydrogens (tertiary/aromatic N) is 1. The Hall–Kier alpha value is -1.91. The van der Waals surface area contributed by atoms with Crippen molar-refractivity contribution in [3.05, 3.63) is 33.4 Å². The van der Waals surface area contributed by atoms with Crippen molar-refractivity contribution in [3.63, 3.8) is 0 Å². The molecule has 0 unspecified atom stereocenters. The van der Waals surface area contributed by atoms with Crippen LogP contribution in [-0.4, -0.2) is 10.8 Å². The zero-order chi connectivity index (χ0) is 13.7. The molecule has 0 atom stereocenters. The van der Waals surface area contributed by atoms with E-state index in [0.717, 1.165) is 18.4 Å². The van der Waals surface area contributed by atoms with Crippen molar-refractivity contribution < 1.29 is 9.72 Å². The number of aryl methyl sites for hydroxylation is 2. The summed E-state index contributed by atoms with van der Waals surface area (Å²) in [5.74, 6) is -0.0723. The molecule has 0 spiro atoms. The van der Waals surface area contributed by atoms with Crippen molar-refractivity contribution >= 4 is 17.3 Å². The van der Waals surface area contributed by atoms with E-state index in [1.54, 1.807) is 13.0 Å². The average molecular weight is 250 g/mol. The van der Waals surface area contributed by atoms with E-state index in [1.807, 2.05) is 13.8 Å². The van der Waals surface area contributed by atoms with Crippen LogP contribution in [0.4, 0.5) is 11.4 Å². The summed E-state index contributed by atoms with van der Waals surface area (Å²) in [5, 5.41) is 13.5. The molecule has 1 heterocycles. The number of nitro benzene ring substituents is 1. The molecule has 0 radical (unpaired) electrons. The SMILES string of the molecule is CC.Cc1cc2c(cc1[N+](=O)[O-])NC(=O)CCC2. The fraction of sp³-hybridized carbons (Fsp3) is 0.462. The molecular weight excluding hydrogens is 232 g/mol. The van der Waals surface area contributed by atoms with Gasteiger partial charge >= 0.3 is 0 Å². The fourth-order valence-corrected chi connectivity index (χ4v) is 1.93. The van der Waals surface area contributed by atoms with E-state index in [1.165, 1.54) is 6.07 Å². The van der Waals surface area contributed by atoms with Crippen molar-refractivity contribution in [2.75, 3.05) is 5.32 Å². The van der Waals surface area contributed by atoms with Gasteiger partial charge in [-0.25, -0.2) is 0 Å². The Kier molecular flexibility index (Phi) is 4.83. The molecule has 1 N–H and O–H groups in total. The molecule has 0 aliphatic carbocycles. The van der Waals surface area contributed by atoms with Crippen LogP contribution in [0.3, 0.4) is 0 Å². The molecule has 0 saturated carbocycles. The molecule has 98 valence electrons. The Morgan fingerprint density at radius 3 is 2.56 bits per heavy atom. The quantitative estimate of drug-likeness (QED) is 0.614. The van der Waals surface area contributed by atoms with Crippen LogP contribution in [-0.2, 0) is 11.2 Å². The molecule has 5 nitrogen and oxygen atoms in total. The van der Waals surface area contributed by atoms with E-state index in [4.69, 9.17) is 0 Å².